The summed E-state index contributed by atoms with van der Waals surface area (Å²) in [6, 6.07) is 1.65. The van der Waals surface area contributed by atoms with Crippen LogP contribution in [0.2, 0.25) is 0 Å². The summed E-state index contributed by atoms with van der Waals surface area (Å²) in [5.74, 6) is 1.97. The van der Waals surface area contributed by atoms with E-state index < -0.39 is 6.17 Å². The van der Waals surface area contributed by atoms with Gasteiger partial charge in [-0.2, -0.15) is 17.0 Å². The van der Waals surface area contributed by atoms with Crippen molar-refractivity contribution in [2.24, 2.45) is 5.92 Å². The topological polar surface area (TPSA) is 23.8 Å². The summed E-state index contributed by atoms with van der Waals surface area (Å²) in [5, 5.41) is 8.25. The van der Waals surface area contributed by atoms with Crippen LogP contribution in [0, 0.1) is 17.2 Å². The summed E-state index contributed by atoms with van der Waals surface area (Å²) in [5.41, 5.74) is 0. The van der Waals surface area contributed by atoms with Crippen LogP contribution in [0.3, 0.4) is 0 Å². The highest BCUT2D eigenvalue weighted by atomic mass is 32.2. The zero-order chi connectivity index (χ0) is 7.40. The minimum Gasteiger partial charge on any atom is -0.231 e. The fourth-order valence-corrected chi connectivity index (χ4v) is 2.28. The molecule has 0 saturated carbocycles. The third-order valence-electron chi connectivity index (χ3n) is 1.73. The van der Waals surface area contributed by atoms with Gasteiger partial charge in [0.2, 0.25) is 0 Å². The lowest BCUT2D eigenvalue weighted by Gasteiger charge is -2.20. The highest BCUT2D eigenvalue weighted by Gasteiger charge is 2.22. The summed E-state index contributed by atoms with van der Waals surface area (Å²) in [6.07, 6.45) is 0.729. The summed E-state index contributed by atoms with van der Waals surface area (Å²) in [7, 11) is 0. The van der Waals surface area contributed by atoms with E-state index in [1.165, 1.54) is 0 Å². The lowest BCUT2D eigenvalue weighted by atomic mass is 10.0. The van der Waals surface area contributed by atoms with Gasteiger partial charge in [-0.25, -0.2) is 4.39 Å². The van der Waals surface area contributed by atoms with E-state index in [1.54, 1.807) is 17.8 Å². The largest absolute Gasteiger partial charge is 0.231 e. The maximum absolute atomic E-state index is 12.6. The SMILES string of the molecule is N#CC(F)C1CCCSC1. The van der Waals surface area contributed by atoms with E-state index in [9.17, 15) is 4.39 Å². The summed E-state index contributed by atoms with van der Waals surface area (Å²) < 4.78 is 12.6. The number of hydrogen-bond acceptors (Lipinski definition) is 2. The monoisotopic (exact) mass is 159 g/mol. The molecule has 1 aliphatic rings. The highest BCUT2D eigenvalue weighted by molar-refractivity contribution is 7.99. The molecule has 0 bridgehead atoms. The van der Waals surface area contributed by atoms with E-state index in [1.807, 2.05) is 0 Å². The fourth-order valence-electron chi connectivity index (χ4n) is 1.10. The molecular formula is C7H10FNS. The molecule has 10 heavy (non-hydrogen) atoms. The fraction of sp³-hybridized carbons (Fsp3) is 0.857. The van der Waals surface area contributed by atoms with Crippen LogP contribution < -0.4 is 0 Å². The first kappa shape index (κ1) is 7.87. The number of hydrogen-bond donors (Lipinski definition) is 0. The van der Waals surface area contributed by atoms with Crippen molar-refractivity contribution in [3.05, 3.63) is 0 Å². The van der Waals surface area contributed by atoms with Gasteiger partial charge >= 0.3 is 0 Å². The predicted molar refractivity (Wildman–Crippen MR) is 40.6 cm³/mol. The number of rotatable bonds is 1. The second-order valence-corrected chi connectivity index (χ2v) is 3.66. The quantitative estimate of drug-likeness (QED) is 0.584. The Bertz CT molecular complexity index is 137. The van der Waals surface area contributed by atoms with Crippen molar-refractivity contribution in [1.29, 1.82) is 5.26 Å². The first-order valence-electron chi connectivity index (χ1n) is 3.46. The van der Waals surface area contributed by atoms with Crippen molar-refractivity contribution in [2.45, 2.75) is 19.0 Å². The van der Waals surface area contributed by atoms with Crippen LogP contribution in [0.25, 0.3) is 0 Å². The lowest BCUT2D eigenvalue weighted by Crippen LogP contribution is -2.20. The number of thioether (sulfide) groups is 1. The van der Waals surface area contributed by atoms with Gasteiger partial charge in [-0.05, 0) is 24.3 Å². The highest BCUT2D eigenvalue weighted by Crippen LogP contribution is 2.26. The number of halogens is 1. The molecule has 1 fully saturated rings. The Labute approximate surface area is 64.6 Å². The van der Waals surface area contributed by atoms with Gasteiger partial charge in [-0.1, -0.05) is 0 Å². The first-order valence-corrected chi connectivity index (χ1v) is 4.61. The lowest BCUT2D eigenvalue weighted by molar-refractivity contribution is 0.292. The molecule has 1 saturated heterocycles. The Morgan fingerprint density at radius 3 is 3.00 bits per heavy atom. The molecule has 1 rings (SSSR count). The second-order valence-electron chi connectivity index (χ2n) is 2.51. The summed E-state index contributed by atoms with van der Waals surface area (Å²) in [6.45, 7) is 0. The molecule has 2 unspecified atom stereocenters. The number of nitriles is 1. The van der Waals surface area contributed by atoms with Gasteiger partial charge in [0.25, 0.3) is 0 Å². The molecule has 0 spiro atoms. The van der Waals surface area contributed by atoms with Gasteiger partial charge in [0, 0.05) is 5.92 Å². The summed E-state index contributed by atoms with van der Waals surface area (Å²) in [4.78, 5) is 0. The Hall–Kier alpha value is -0.230. The molecule has 0 aromatic carbocycles. The second kappa shape index (κ2) is 3.82. The van der Waals surface area contributed by atoms with Crippen LogP contribution in [0.1, 0.15) is 12.8 Å². The smallest absolute Gasteiger partial charge is 0.189 e. The molecule has 0 aromatic rings. The molecule has 0 aliphatic carbocycles. The third-order valence-corrected chi connectivity index (χ3v) is 2.97. The minimum absolute atomic E-state index is 0.00347. The normalized spacial score (nSPS) is 29.0. The molecule has 0 radical (unpaired) electrons. The van der Waals surface area contributed by atoms with Gasteiger partial charge in [-0.3, -0.25) is 0 Å². The molecular weight excluding hydrogens is 149 g/mol. The van der Waals surface area contributed by atoms with Crippen molar-refractivity contribution in [3.8, 4) is 6.07 Å². The van der Waals surface area contributed by atoms with Crippen molar-refractivity contribution in [1.82, 2.24) is 0 Å². The molecule has 3 heteroatoms. The third kappa shape index (κ3) is 1.88. The minimum atomic E-state index is -1.23. The Morgan fingerprint density at radius 2 is 2.50 bits per heavy atom. The van der Waals surface area contributed by atoms with Crippen LogP contribution in [-0.2, 0) is 0 Å². The zero-order valence-corrected chi connectivity index (χ0v) is 6.53. The van der Waals surface area contributed by atoms with Crippen LogP contribution in [0.5, 0.6) is 0 Å². The van der Waals surface area contributed by atoms with Crippen LogP contribution in [0.4, 0.5) is 4.39 Å². The number of alkyl halides is 1. The van der Waals surface area contributed by atoms with Crippen LogP contribution in [0.15, 0.2) is 0 Å². The maximum atomic E-state index is 12.6. The molecule has 1 nitrogen and oxygen atoms in total. The molecule has 56 valence electrons. The van der Waals surface area contributed by atoms with Gasteiger partial charge in [-0.15, -0.1) is 0 Å². The van der Waals surface area contributed by atoms with Gasteiger partial charge in [0.15, 0.2) is 6.17 Å². The van der Waals surface area contributed by atoms with Crippen molar-refractivity contribution in [3.63, 3.8) is 0 Å². The molecule has 0 N–H and O–H groups in total. The average molecular weight is 159 g/mol. The van der Waals surface area contributed by atoms with E-state index in [4.69, 9.17) is 5.26 Å². The van der Waals surface area contributed by atoms with Gasteiger partial charge in [0.1, 0.15) is 6.07 Å². The molecule has 1 heterocycles. The van der Waals surface area contributed by atoms with E-state index in [2.05, 4.69) is 0 Å². The van der Waals surface area contributed by atoms with Crippen molar-refractivity contribution in [2.75, 3.05) is 11.5 Å². The molecule has 0 aromatic heterocycles. The Kier molecular flexibility index (Phi) is 3.01. The standard InChI is InChI=1S/C7H10FNS/c8-7(4-9)6-2-1-3-10-5-6/h6-7H,1-3,5H2. The Morgan fingerprint density at radius 1 is 1.70 bits per heavy atom. The number of nitrogens with zero attached hydrogens (tertiary/aromatic N) is 1. The van der Waals surface area contributed by atoms with E-state index in [0.29, 0.717) is 0 Å². The van der Waals surface area contributed by atoms with Crippen molar-refractivity contribution < 1.29 is 4.39 Å². The van der Waals surface area contributed by atoms with E-state index in [0.717, 1.165) is 24.3 Å². The van der Waals surface area contributed by atoms with Gasteiger partial charge in [0.05, 0.1) is 0 Å². The Balaban J connectivity index is 2.33. The predicted octanol–water partition coefficient (Wildman–Crippen LogP) is 1.99. The van der Waals surface area contributed by atoms with Crippen molar-refractivity contribution >= 4 is 11.8 Å². The maximum Gasteiger partial charge on any atom is 0.189 e. The molecule has 2 atom stereocenters. The van der Waals surface area contributed by atoms with E-state index >= 15 is 0 Å². The summed E-state index contributed by atoms with van der Waals surface area (Å²) >= 11 is 1.76. The van der Waals surface area contributed by atoms with Crippen LogP contribution >= 0.6 is 11.8 Å². The molecule has 1 aliphatic heterocycles. The van der Waals surface area contributed by atoms with Gasteiger partial charge < -0.3 is 0 Å². The molecule has 0 amide bonds. The van der Waals surface area contributed by atoms with Crippen LogP contribution in [-0.4, -0.2) is 17.7 Å². The van der Waals surface area contributed by atoms with E-state index in [-0.39, 0.29) is 5.92 Å². The average Bonchev–Trinajstić information content (AvgIpc) is 2.05. The zero-order valence-electron chi connectivity index (χ0n) is 5.72. The first-order chi connectivity index (χ1) is 4.84.